The summed E-state index contributed by atoms with van der Waals surface area (Å²) in [7, 11) is 2.88. The monoisotopic (exact) mass is 244 g/mol. The predicted octanol–water partition coefficient (Wildman–Crippen LogP) is 0.313. The van der Waals surface area contributed by atoms with Crippen LogP contribution in [0.5, 0.6) is 0 Å². The molecule has 1 rings (SSSR count). The van der Waals surface area contributed by atoms with Gasteiger partial charge in [-0.1, -0.05) is 6.08 Å². The molecule has 0 heterocycles. The Labute approximate surface area is 101 Å². The number of ketones is 1. The van der Waals surface area contributed by atoms with Crippen molar-refractivity contribution in [3.8, 4) is 0 Å². The number of methoxy groups -OCH3 is 2. The second kappa shape index (κ2) is 6.26. The van der Waals surface area contributed by atoms with Gasteiger partial charge in [-0.25, -0.2) is 0 Å². The molecular weight excluding hydrogens is 224 g/mol. The first-order valence-corrected chi connectivity index (χ1v) is 5.60. The van der Waals surface area contributed by atoms with Crippen molar-refractivity contribution < 1.29 is 24.1 Å². The molecule has 1 aliphatic carbocycles. The zero-order chi connectivity index (χ0) is 12.9. The normalized spacial score (nSPS) is 33.7. The van der Waals surface area contributed by atoms with E-state index in [2.05, 4.69) is 6.58 Å². The molecule has 1 saturated carbocycles. The first-order valence-electron chi connectivity index (χ1n) is 5.60. The number of Topliss-reactive ketones (excluding diaryl/α,β-unsaturated/α-hetero) is 1. The highest BCUT2D eigenvalue weighted by atomic mass is 16.6. The van der Waals surface area contributed by atoms with Gasteiger partial charge in [0.1, 0.15) is 6.10 Å². The summed E-state index contributed by atoms with van der Waals surface area (Å²) < 4.78 is 15.8. The standard InChI is InChI=1S/C12H20O5/c1-4-7-17-8-12(16-3)10(14)6-5-9(13)11(12)15-2/h4,9,11,13H,1,5-8H2,2-3H3/t9-,11-,12+/m1/s1. The number of carbonyl (C=O) groups excluding carboxylic acids is 1. The summed E-state index contributed by atoms with van der Waals surface area (Å²) in [6.45, 7) is 3.92. The van der Waals surface area contributed by atoms with Gasteiger partial charge in [0.25, 0.3) is 0 Å². The fraction of sp³-hybridized carbons (Fsp3) is 0.750. The minimum atomic E-state index is -1.21. The average Bonchev–Trinajstić information content (AvgIpc) is 2.34. The van der Waals surface area contributed by atoms with Crippen LogP contribution in [0.4, 0.5) is 0 Å². The van der Waals surface area contributed by atoms with Crippen molar-refractivity contribution in [3.63, 3.8) is 0 Å². The number of aliphatic hydroxyl groups excluding tert-OH is 1. The van der Waals surface area contributed by atoms with Gasteiger partial charge in [-0.2, -0.15) is 0 Å². The van der Waals surface area contributed by atoms with Crippen LogP contribution in [0.2, 0.25) is 0 Å². The summed E-state index contributed by atoms with van der Waals surface area (Å²) in [5.74, 6) is -0.0961. The van der Waals surface area contributed by atoms with E-state index in [4.69, 9.17) is 14.2 Å². The molecule has 0 aliphatic heterocycles. The lowest BCUT2D eigenvalue weighted by Crippen LogP contribution is -2.62. The highest BCUT2D eigenvalue weighted by Gasteiger charge is 2.52. The van der Waals surface area contributed by atoms with E-state index in [-0.39, 0.29) is 18.8 Å². The smallest absolute Gasteiger partial charge is 0.177 e. The number of rotatable bonds is 6. The summed E-state index contributed by atoms with van der Waals surface area (Å²) >= 11 is 0. The zero-order valence-corrected chi connectivity index (χ0v) is 10.3. The topological polar surface area (TPSA) is 65.0 Å². The van der Waals surface area contributed by atoms with Crippen molar-refractivity contribution in [2.45, 2.75) is 30.7 Å². The van der Waals surface area contributed by atoms with Gasteiger partial charge in [0.05, 0.1) is 19.3 Å². The van der Waals surface area contributed by atoms with Crippen LogP contribution in [0.15, 0.2) is 12.7 Å². The molecule has 5 nitrogen and oxygen atoms in total. The van der Waals surface area contributed by atoms with Crippen molar-refractivity contribution in [2.24, 2.45) is 0 Å². The molecule has 0 unspecified atom stereocenters. The Bertz CT molecular complexity index is 278. The summed E-state index contributed by atoms with van der Waals surface area (Å²) in [6.07, 6.45) is 0.842. The highest BCUT2D eigenvalue weighted by Crippen LogP contribution is 2.31. The Morgan fingerprint density at radius 3 is 2.82 bits per heavy atom. The van der Waals surface area contributed by atoms with Gasteiger partial charge in [-0.15, -0.1) is 6.58 Å². The Morgan fingerprint density at radius 2 is 2.29 bits per heavy atom. The summed E-state index contributed by atoms with van der Waals surface area (Å²) in [5.41, 5.74) is -1.21. The molecule has 0 saturated heterocycles. The third-order valence-electron chi connectivity index (χ3n) is 3.12. The Balaban J connectivity index is 2.87. The van der Waals surface area contributed by atoms with Crippen molar-refractivity contribution in [1.29, 1.82) is 0 Å². The number of carbonyl (C=O) groups is 1. The fourth-order valence-electron chi connectivity index (χ4n) is 2.20. The fourth-order valence-corrected chi connectivity index (χ4v) is 2.20. The SMILES string of the molecule is C=CCOC[C@]1(OC)C(=O)CC[C@@H](O)[C@H]1OC. The van der Waals surface area contributed by atoms with Crippen LogP contribution in [0.25, 0.3) is 0 Å². The first-order chi connectivity index (χ1) is 8.12. The molecule has 0 aromatic heterocycles. The summed E-state index contributed by atoms with van der Waals surface area (Å²) in [4.78, 5) is 12.0. The third kappa shape index (κ3) is 2.74. The summed E-state index contributed by atoms with van der Waals surface area (Å²) in [5, 5.41) is 9.88. The predicted molar refractivity (Wildman–Crippen MR) is 61.8 cm³/mol. The molecule has 0 bridgehead atoms. The van der Waals surface area contributed by atoms with Gasteiger partial charge in [-0.05, 0) is 6.42 Å². The molecule has 0 radical (unpaired) electrons. The highest BCUT2D eigenvalue weighted by molar-refractivity contribution is 5.89. The molecule has 98 valence electrons. The molecule has 0 spiro atoms. The second-order valence-electron chi connectivity index (χ2n) is 4.08. The van der Waals surface area contributed by atoms with Crippen LogP contribution >= 0.6 is 0 Å². The molecule has 1 aliphatic rings. The van der Waals surface area contributed by atoms with Gasteiger partial charge in [0.15, 0.2) is 11.4 Å². The molecule has 17 heavy (non-hydrogen) atoms. The maximum absolute atomic E-state index is 12.0. The van der Waals surface area contributed by atoms with Crippen LogP contribution in [0, 0.1) is 0 Å². The molecule has 3 atom stereocenters. The second-order valence-corrected chi connectivity index (χ2v) is 4.08. The van der Waals surface area contributed by atoms with Crippen molar-refractivity contribution >= 4 is 5.78 Å². The average molecular weight is 244 g/mol. The minimum absolute atomic E-state index is 0.0594. The Hall–Kier alpha value is -0.750. The minimum Gasteiger partial charge on any atom is -0.390 e. The van der Waals surface area contributed by atoms with Crippen LogP contribution in [0.3, 0.4) is 0 Å². The molecule has 1 N–H and O–H groups in total. The van der Waals surface area contributed by atoms with Crippen LogP contribution in [0.1, 0.15) is 12.8 Å². The van der Waals surface area contributed by atoms with Crippen molar-refractivity contribution in [2.75, 3.05) is 27.4 Å². The van der Waals surface area contributed by atoms with Gasteiger partial charge in [0, 0.05) is 20.6 Å². The maximum atomic E-state index is 12.0. The van der Waals surface area contributed by atoms with Gasteiger partial charge in [0.2, 0.25) is 0 Å². The van der Waals surface area contributed by atoms with E-state index in [1.54, 1.807) is 6.08 Å². The van der Waals surface area contributed by atoms with E-state index in [1.165, 1.54) is 14.2 Å². The number of hydrogen-bond acceptors (Lipinski definition) is 5. The van der Waals surface area contributed by atoms with Crippen molar-refractivity contribution in [3.05, 3.63) is 12.7 Å². The van der Waals surface area contributed by atoms with Gasteiger partial charge >= 0.3 is 0 Å². The number of aliphatic hydroxyl groups is 1. The lowest BCUT2D eigenvalue weighted by Gasteiger charge is -2.42. The third-order valence-corrected chi connectivity index (χ3v) is 3.12. The molecular formula is C12H20O5. The van der Waals surface area contributed by atoms with Crippen LogP contribution in [-0.4, -0.2) is 56.1 Å². The number of hydrogen-bond donors (Lipinski definition) is 1. The largest absolute Gasteiger partial charge is 0.390 e. The van der Waals surface area contributed by atoms with E-state index >= 15 is 0 Å². The molecule has 0 amide bonds. The van der Waals surface area contributed by atoms with E-state index < -0.39 is 17.8 Å². The van der Waals surface area contributed by atoms with Gasteiger partial charge in [-0.3, -0.25) is 4.79 Å². The Kier molecular flexibility index (Phi) is 5.27. The Morgan fingerprint density at radius 1 is 1.59 bits per heavy atom. The van der Waals surface area contributed by atoms with E-state index in [0.717, 1.165) is 0 Å². The van der Waals surface area contributed by atoms with E-state index in [9.17, 15) is 9.90 Å². The van der Waals surface area contributed by atoms with E-state index in [0.29, 0.717) is 13.0 Å². The number of ether oxygens (including phenoxy) is 3. The van der Waals surface area contributed by atoms with Crippen LogP contribution < -0.4 is 0 Å². The van der Waals surface area contributed by atoms with Gasteiger partial charge < -0.3 is 19.3 Å². The summed E-state index contributed by atoms with van der Waals surface area (Å²) in [6, 6.07) is 0. The van der Waals surface area contributed by atoms with Crippen LogP contribution in [-0.2, 0) is 19.0 Å². The van der Waals surface area contributed by atoms with Crippen molar-refractivity contribution in [1.82, 2.24) is 0 Å². The molecule has 5 heteroatoms. The lowest BCUT2D eigenvalue weighted by molar-refractivity contribution is -0.200. The lowest BCUT2D eigenvalue weighted by atomic mass is 9.79. The molecule has 0 aromatic rings. The first kappa shape index (κ1) is 14.3. The molecule has 0 aromatic carbocycles. The quantitative estimate of drug-likeness (QED) is 0.538. The zero-order valence-electron chi connectivity index (χ0n) is 10.3. The molecule has 1 fully saturated rings. The van der Waals surface area contributed by atoms with E-state index in [1.807, 2.05) is 0 Å². The maximum Gasteiger partial charge on any atom is 0.177 e.